The fourth-order valence-corrected chi connectivity index (χ4v) is 6.20. The molecule has 0 bridgehead atoms. The lowest BCUT2D eigenvalue weighted by molar-refractivity contribution is -0.162. The first-order valence-electron chi connectivity index (χ1n) is 13.4. The van der Waals surface area contributed by atoms with Crippen molar-refractivity contribution in [2.24, 2.45) is 0 Å². The van der Waals surface area contributed by atoms with E-state index in [1.165, 1.54) is 16.7 Å². The second kappa shape index (κ2) is 9.89. The Morgan fingerprint density at radius 1 is 0.865 bits per heavy atom. The lowest BCUT2D eigenvalue weighted by Gasteiger charge is -2.48. The molecule has 4 aromatic rings. The molecule has 0 saturated carbocycles. The van der Waals surface area contributed by atoms with Gasteiger partial charge in [0.25, 0.3) is 0 Å². The van der Waals surface area contributed by atoms with Crippen LogP contribution in [0.2, 0.25) is 0 Å². The van der Waals surface area contributed by atoms with E-state index >= 15 is 0 Å². The van der Waals surface area contributed by atoms with Crippen molar-refractivity contribution in [1.29, 1.82) is 0 Å². The number of hydrogen-bond donors (Lipinski definition) is 1. The van der Waals surface area contributed by atoms with Crippen LogP contribution in [-0.4, -0.2) is 45.2 Å². The summed E-state index contributed by atoms with van der Waals surface area (Å²) in [5, 5.41) is 1.16. The summed E-state index contributed by atoms with van der Waals surface area (Å²) in [4.78, 5) is 35.1. The zero-order valence-electron chi connectivity index (χ0n) is 21.3. The molecule has 6 rings (SSSR count). The average Bonchev–Trinajstić information content (AvgIpc) is 3.31. The van der Waals surface area contributed by atoms with Gasteiger partial charge >= 0.3 is 0 Å². The summed E-state index contributed by atoms with van der Waals surface area (Å²) in [6, 6.07) is 28.5. The van der Waals surface area contributed by atoms with Crippen molar-refractivity contribution in [1.82, 2.24) is 14.8 Å². The fraction of sp³-hybridized carbons (Fsp3) is 0.312. The summed E-state index contributed by atoms with van der Waals surface area (Å²) >= 11 is 0. The largest absolute Gasteiger partial charge is 0.356 e. The molecule has 0 aliphatic carbocycles. The van der Waals surface area contributed by atoms with Crippen molar-refractivity contribution in [3.63, 3.8) is 0 Å². The maximum atomic E-state index is 14.0. The maximum absolute atomic E-state index is 14.0. The van der Waals surface area contributed by atoms with Gasteiger partial charge in [0.1, 0.15) is 12.6 Å². The van der Waals surface area contributed by atoms with E-state index in [1.807, 2.05) is 46.2 Å². The highest BCUT2D eigenvalue weighted by molar-refractivity contribution is 5.97. The van der Waals surface area contributed by atoms with E-state index < -0.39 is 6.04 Å². The Bertz CT molecular complexity index is 1410. The molecule has 1 N–H and O–H groups in total. The molecule has 0 radical (unpaired) electrons. The van der Waals surface area contributed by atoms with Crippen molar-refractivity contribution in [3.8, 4) is 0 Å². The molecule has 5 nitrogen and oxygen atoms in total. The number of fused-ring (bicyclic) bond motifs is 4. The molecule has 0 spiro atoms. The van der Waals surface area contributed by atoms with Crippen LogP contribution in [0.4, 0.5) is 0 Å². The van der Waals surface area contributed by atoms with Crippen LogP contribution in [0.15, 0.2) is 84.9 Å². The smallest absolute Gasteiger partial charge is 0.246 e. The number of carbonyl (C=O) groups is 2. The van der Waals surface area contributed by atoms with Gasteiger partial charge in [-0.15, -0.1) is 0 Å². The topological polar surface area (TPSA) is 56.4 Å². The zero-order chi connectivity index (χ0) is 25.4. The average molecular weight is 492 g/mol. The second-order valence-corrected chi connectivity index (χ2v) is 10.5. The van der Waals surface area contributed by atoms with E-state index in [-0.39, 0.29) is 30.4 Å². The minimum absolute atomic E-state index is 0.00550. The van der Waals surface area contributed by atoms with Gasteiger partial charge in [0, 0.05) is 29.1 Å². The number of carbonyl (C=O) groups excluding carboxylic acids is 2. The van der Waals surface area contributed by atoms with Gasteiger partial charge in [-0.3, -0.25) is 9.59 Å². The number of benzene rings is 3. The highest BCUT2D eigenvalue weighted by Gasteiger charge is 2.48. The van der Waals surface area contributed by atoms with Crippen molar-refractivity contribution in [3.05, 3.63) is 107 Å². The van der Waals surface area contributed by atoms with Crippen molar-refractivity contribution in [2.45, 2.75) is 57.2 Å². The third kappa shape index (κ3) is 4.43. The molecule has 1 saturated heterocycles. The molecular weight excluding hydrogens is 458 g/mol. The van der Waals surface area contributed by atoms with E-state index in [0.717, 1.165) is 42.3 Å². The maximum Gasteiger partial charge on any atom is 0.246 e. The Morgan fingerprint density at radius 2 is 1.51 bits per heavy atom. The van der Waals surface area contributed by atoms with Crippen LogP contribution in [0, 0.1) is 0 Å². The number of rotatable bonds is 7. The number of H-pyrrole nitrogens is 1. The van der Waals surface area contributed by atoms with E-state index in [0.29, 0.717) is 6.42 Å². The molecule has 3 atom stereocenters. The number of amides is 2. The summed E-state index contributed by atoms with van der Waals surface area (Å²) in [6.45, 7) is 2.24. The number of aryl methyl sites for hydroxylation is 2. The number of piperazine rings is 1. The van der Waals surface area contributed by atoms with Crippen molar-refractivity contribution < 1.29 is 9.59 Å². The van der Waals surface area contributed by atoms with E-state index in [1.54, 1.807) is 0 Å². The van der Waals surface area contributed by atoms with Crippen LogP contribution in [-0.2, 0) is 28.9 Å². The summed E-state index contributed by atoms with van der Waals surface area (Å²) in [5.74, 6) is 0.138. The Labute approximate surface area is 218 Å². The van der Waals surface area contributed by atoms with Gasteiger partial charge in [0.05, 0.1) is 6.04 Å². The molecule has 3 aromatic carbocycles. The Kier molecular flexibility index (Phi) is 6.29. The fourth-order valence-electron chi connectivity index (χ4n) is 6.20. The first kappa shape index (κ1) is 23.5. The van der Waals surface area contributed by atoms with Crippen LogP contribution in [0.5, 0.6) is 0 Å². The van der Waals surface area contributed by atoms with Gasteiger partial charge in [-0.2, -0.15) is 0 Å². The van der Waals surface area contributed by atoms with Crippen LogP contribution in [0.3, 0.4) is 0 Å². The van der Waals surface area contributed by atoms with E-state index in [4.69, 9.17) is 0 Å². The standard InChI is InChI=1S/C32H33N3O2/c1-22(16-17-23-10-4-2-5-11-23)34-21-30(36)35-28(19-18-24-12-6-3-7-13-24)31-26(20-29(35)32(34)37)25-14-8-9-15-27(25)33-31/h2-15,22,28-29,33H,16-21H2,1H3/t22-,28+,29+/m1/s1. The summed E-state index contributed by atoms with van der Waals surface area (Å²) < 4.78 is 0. The van der Waals surface area contributed by atoms with Gasteiger partial charge < -0.3 is 14.8 Å². The number of aromatic amines is 1. The molecule has 1 fully saturated rings. The first-order valence-corrected chi connectivity index (χ1v) is 13.4. The molecule has 3 heterocycles. The van der Waals surface area contributed by atoms with Crippen molar-refractivity contribution in [2.75, 3.05) is 6.54 Å². The lowest BCUT2D eigenvalue weighted by Crippen LogP contribution is -2.64. The predicted octanol–water partition coefficient (Wildman–Crippen LogP) is 5.46. The summed E-state index contributed by atoms with van der Waals surface area (Å²) in [5.41, 5.74) is 5.86. The predicted molar refractivity (Wildman–Crippen MR) is 146 cm³/mol. The number of hydrogen-bond acceptors (Lipinski definition) is 2. The third-order valence-corrected chi connectivity index (χ3v) is 8.19. The molecule has 2 amide bonds. The van der Waals surface area contributed by atoms with Gasteiger partial charge in [0.2, 0.25) is 11.8 Å². The van der Waals surface area contributed by atoms with Crippen LogP contribution in [0.1, 0.15) is 48.2 Å². The monoisotopic (exact) mass is 491 g/mol. The molecule has 2 aliphatic rings. The Balaban J connectivity index is 1.30. The number of aromatic nitrogens is 1. The van der Waals surface area contributed by atoms with Crippen LogP contribution >= 0.6 is 0 Å². The molecule has 5 heteroatoms. The molecule has 0 unspecified atom stereocenters. The highest BCUT2D eigenvalue weighted by atomic mass is 16.2. The van der Waals surface area contributed by atoms with Gasteiger partial charge in [-0.25, -0.2) is 0 Å². The molecule has 37 heavy (non-hydrogen) atoms. The van der Waals surface area contributed by atoms with Gasteiger partial charge in [0.15, 0.2) is 0 Å². The first-order chi connectivity index (χ1) is 18.1. The summed E-state index contributed by atoms with van der Waals surface area (Å²) in [7, 11) is 0. The van der Waals surface area contributed by atoms with Crippen molar-refractivity contribution >= 4 is 22.7 Å². The normalized spacial score (nSPS) is 20.1. The molecule has 1 aromatic heterocycles. The number of nitrogens with one attached hydrogen (secondary N) is 1. The Hall–Kier alpha value is -3.86. The highest BCUT2D eigenvalue weighted by Crippen LogP contribution is 2.41. The molecular formula is C32H33N3O2. The van der Waals surface area contributed by atoms with Gasteiger partial charge in [-0.1, -0.05) is 78.9 Å². The van der Waals surface area contributed by atoms with Crippen LogP contribution in [0.25, 0.3) is 10.9 Å². The zero-order valence-corrected chi connectivity index (χ0v) is 21.3. The third-order valence-electron chi connectivity index (χ3n) is 8.19. The summed E-state index contributed by atoms with van der Waals surface area (Å²) in [6.07, 6.45) is 3.92. The molecule has 188 valence electrons. The number of para-hydroxylation sites is 1. The van der Waals surface area contributed by atoms with Crippen LogP contribution < -0.4 is 0 Å². The Morgan fingerprint density at radius 3 is 2.24 bits per heavy atom. The van der Waals surface area contributed by atoms with E-state index in [9.17, 15) is 9.59 Å². The second-order valence-electron chi connectivity index (χ2n) is 10.5. The number of nitrogens with zero attached hydrogens (tertiary/aromatic N) is 2. The minimum Gasteiger partial charge on any atom is -0.356 e. The quantitative estimate of drug-likeness (QED) is 0.373. The minimum atomic E-state index is -0.451. The van der Waals surface area contributed by atoms with E-state index in [2.05, 4.69) is 60.4 Å². The SMILES string of the molecule is C[C@H](CCc1ccccc1)N1CC(=O)N2[C@@H](Cc3c([nH]c4ccccc34)[C@@H]2CCc2ccccc2)C1=O. The molecule has 2 aliphatic heterocycles. The lowest BCUT2D eigenvalue weighted by atomic mass is 9.86. The van der Waals surface area contributed by atoms with Gasteiger partial charge in [-0.05, 0) is 55.4 Å².